The normalized spacial score (nSPS) is 16.3. The lowest BCUT2D eigenvalue weighted by atomic mass is 9.92. The Morgan fingerprint density at radius 1 is 1.22 bits per heavy atom. The lowest BCUT2D eigenvalue weighted by Crippen LogP contribution is -2.44. The maximum Gasteiger partial charge on any atom is 0.0176 e. The van der Waals surface area contributed by atoms with E-state index in [0.717, 1.165) is 19.6 Å². The summed E-state index contributed by atoms with van der Waals surface area (Å²) in [5.41, 5.74) is 9.15. The largest absolute Gasteiger partial charge is 0.330 e. The lowest BCUT2D eigenvalue weighted by molar-refractivity contribution is 0.142. The van der Waals surface area contributed by atoms with Gasteiger partial charge in [-0.05, 0) is 42.5 Å². The van der Waals surface area contributed by atoms with Gasteiger partial charge in [0, 0.05) is 12.6 Å². The number of likely N-dealkylation sites (N-methyl/N-ethyl adjacent to an activating group) is 1. The van der Waals surface area contributed by atoms with Gasteiger partial charge in [0.05, 0.1) is 0 Å². The van der Waals surface area contributed by atoms with E-state index < -0.39 is 0 Å². The van der Waals surface area contributed by atoms with Crippen molar-refractivity contribution >= 4 is 0 Å². The molecule has 0 fully saturated rings. The molecule has 0 atom stereocenters. The minimum Gasteiger partial charge on any atom is -0.330 e. The summed E-state index contributed by atoms with van der Waals surface area (Å²) in [6, 6.07) is 9.52. The minimum atomic E-state index is 0.213. The molecule has 2 N–H and O–H groups in total. The first-order chi connectivity index (χ1) is 8.55. The summed E-state index contributed by atoms with van der Waals surface area (Å²) in [5, 5.41) is 0. The van der Waals surface area contributed by atoms with Crippen LogP contribution in [0.1, 0.15) is 31.9 Å². The van der Waals surface area contributed by atoms with Gasteiger partial charge in [0.2, 0.25) is 0 Å². The highest BCUT2D eigenvalue weighted by Gasteiger charge is 2.29. The van der Waals surface area contributed by atoms with Crippen molar-refractivity contribution in [3.8, 4) is 0 Å². The van der Waals surface area contributed by atoms with E-state index in [1.807, 2.05) is 0 Å². The van der Waals surface area contributed by atoms with E-state index in [1.54, 1.807) is 0 Å². The molecule has 0 aliphatic heterocycles. The van der Waals surface area contributed by atoms with Crippen molar-refractivity contribution in [1.82, 2.24) is 4.90 Å². The van der Waals surface area contributed by atoms with Crippen molar-refractivity contribution in [2.24, 2.45) is 11.1 Å². The first-order valence-corrected chi connectivity index (χ1v) is 7.06. The third-order valence-corrected chi connectivity index (χ3v) is 4.14. The summed E-state index contributed by atoms with van der Waals surface area (Å²) in [6.45, 7) is 9.75. The van der Waals surface area contributed by atoms with E-state index in [4.69, 9.17) is 5.73 Å². The van der Waals surface area contributed by atoms with Gasteiger partial charge >= 0.3 is 0 Å². The molecule has 0 bridgehead atoms. The molecular formula is C16H26N2. The Kier molecular flexibility index (Phi) is 4.08. The van der Waals surface area contributed by atoms with Crippen LogP contribution < -0.4 is 5.73 Å². The molecule has 0 saturated heterocycles. The van der Waals surface area contributed by atoms with Crippen LogP contribution in [-0.4, -0.2) is 30.6 Å². The average Bonchev–Trinajstić information content (AvgIpc) is 2.79. The molecule has 100 valence electrons. The van der Waals surface area contributed by atoms with Crippen molar-refractivity contribution in [1.29, 1.82) is 0 Å². The van der Waals surface area contributed by atoms with Gasteiger partial charge in [-0.25, -0.2) is 0 Å². The Hall–Kier alpha value is -0.860. The van der Waals surface area contributed by atoms with Crippen molar-refractivity contribution in [3.05, 3.63) is 35.4 Å². The molecule has 2 nitrogen and oxygen atoms in total. The van der Waals surface area contributed by atoms with E-state index in [0.29, 0.717) is 6.04 Å². The number of nitrogens with two attached hydrogens (primary N) is 1. The molecule has 2 rings (SSSR count). The predicted molar refractivity (Wildman–Crippen MR) is 77.7 cm³/mol. The standard InChI is InChI=1S/C16H26N2/c1-4-18(12-16(2,3)11-17)15-9-13-7-5-6-8-14(13)10-15/h5-8,15H,4,9-12,17H2,1-3H3. The summed E-state index contributed by atoms with van der Waals surface area (Å²) in [6.07, 6.45) is 2.40. The summed E-state index contributed by atoms with van der Waals surface area (Å²) in [5.74, 6) is 0. The Balaban J connectivity index is 2.04. The molecule has 1 aromatic carbocycles. The Bertz CT molecular complexity index is 373. The second-order valence-corrected chi connectivity index (χ2v) is 6.26. The van der Waals surface area contributed by atoms with E-state index in [1.165, 1.54) is 24.0 Å². The molecule has 2 heteroatoms. The van der Waals surface area contributed by atoms with E-state index >= 15 is 0 Å². The molecule has 0 radical (unpaired) electrons. The van der Waals surface area contributed by atoms with Crippen LogP contribution in [0.4, 0.5) is 0 Å². The first-order valence-electron chi connectivity index (χ1n) is 7.06. The van der Waals surface area contributed by atoms with Crippen LogP contribution in [0.25, 0.3) is 0 Å². The highest BCUT2D eigenvalue weighted by Crippen LogP contribution is 2.27. The molecule has 0 spiro atoms. The topological polar surface area (TPSA) is 29.3 Å². The fourth-order valence-electron chi connectivity index (χ4n) is 2.91. The molecule has 0 unspecified atom stereocenters. The van der Waals surface area contributed by atoms with Gasteiger partial charge in [-0.2, -0.15) is 0 Å². The highest BCUT2D eigenvalue weighted by molar-refractivity contribution is 5.33. The van der Waals surface area contributed by atoms with Crippen LogP contribution in [-0.2, 0) is 12.8 Å². The van der Waals surface area contributed by atoms with Gasteiger partial charge < -0.3 is 5.73 Å². The van der Waals surface area contributed by atoms with E-state index in [2.05, 4.69) is 49.9 Å². The SMILES string of the molecule is CCN(CC(C)(C)CN)C1Cc2ccccc2C1. The second-order valence-electron chi connectivity index (χ2n) is 6.26. The quantitative estimate of drug-likeness (QED) is 0.865. The molecular weight excluding hydrogens is 220 g/mol. The second kappa shape index (κ2) is 5.41. The van der Waals surface area contributed by atoms with Crippen molar-refractivity contribution in [2.45, 2.75) is 39.7 Å². The molecule has 1 aliphatic carbocycles. The smallest absolute Gasteiger partial charge is 0.0176 e. The number of benzene rings is 1. The molecule has 0 aromatic heterocycles. The van der Waals surface area contributed by atoms with Crippen molar-refractivity contribution < 1.29 is 0 Å². The van der Waals surface area contributed by atoms with Crippen LogP contribution in [0.15, 0.2) is 24.3 Å². The summed E-state index contributed by atoms with van der Waals surface area (Å²) < 4.78 is 0. The van der Waals surface area contributed by atoms with Crippen LogP contribution in [0.5, 0.6) is 0 Å². The summed E-state index contributed by atoms with van der Waals surface area (Å²) >= 11 is 0. The first kappa shape index (κ1) is 13.6. The third kappa shape index (κ3) is 2.93. The molecule has 0 heterocycles. The molecule has 0 saturated carbocycles. The molecule has 18 heavy (non-hydrogen) atoms. The monoisotopic (exact) mass is 246 g/mol. The Morgan fingerprint density at radius 2 is 1.78 bits per heavy atom. The van der Waals surface area contributed by atoms with Crippen LogP contribution >= 0.6 is 0 Å². The Morgan fingerprint density at radius 3 is 2.22 bits per heavy atom. The van der Waals surface area contributed by atoms with Crippen molar-refractivity contribution in [2.75, 3.05) is 19.6 Å². The maximum atomic E-state index is 5.87. The zero-order chi connectivity index (χ0) is 13.2. The fraction of sp³-hybridized carbons (Fsp3) is 0.625. The maximum absolute atomic E-state index is 5.87. The number of hydrogen-bond donors (Lipinski definition) is 1. The highest BCUT2D eigenvalue weighted by atomic mass is 15.2. The number of rotatable bonds is 5. The van der Waals surface area contributed by atoms with Crippen LogP contribution in [0, 0.1) is 5.41 Å². The van der Waals surface area contributed by atoms with E-state index in [9.17, 15) is 0 Å². The molecule has 1 aliphatic rings. The van der Waals surface area contributed by atoms with Gasteiger partial charge in [-0.15, -0.1) is 0 Å². The molecule has 1 aromatic rings. The van der Waals surface area contributed by atoms with Crippen LogP contribution in [0.3, 0.4) is 0 Å². The van der Waals surface area contributed by atoms with Gasteiger partial charge in [0.1, 0.15) is 0 Å². The van der Waals surface area contributed by atoms with Gasteiger partial charge in [0.25, 0.3) is 0 Å². The summed E-state index contributed by atoms with van der Waals surface area (Å²) in [7, 11) is 0. The van der Waals surface area contributed by atoms with Gasteiger partial charge in [-0.3, -0.25) is 4.90 Å². The Labute approximate surface area is 111 Å². The molecule has 0 amide bonds. The predicted octanol–water partition coefficient (Wildman–Crippen LogP) is 2.46. The number of hydrogen-bond acceptors (Lipinski definition) is 2. The number of fused-ring (bicyclic) bond motifs is 1. The number of nitrogens with zero attached hydrogens (tertiary/aromatic N) is 1. The van der Waals surface area contributed by atoms with Crippen molar-refractivity contribution in [3.63, 3.8) is 0 Å². The third-order valence-electron chi connectivity index (χ3n) is 4.14. The average molecular weight is 246 g/mol. The minimum absolute atomic E-state index is 0.213. The zero-order valence-corrected chi connectivity index (χ0v) is 11.9. The van der Waals surface area contributed by atoms with Crippen LogP contribution in [0.2, 0.25) is 0 Å². The van der Waals surface area contributed by atoms with Gasteiger partial charge in [-0.1, -0.05) is 45.0 Å². The zero-order valence-electron chi connectivity index (χ0n) is 11.9. The lowest BCUT2D eigenvalue weighted by Gasteiger charge is -2.35. The fourth-order valence-corrected chi connectivity index (χ4v) is 2.91. The summed E-state index contributed by atoms with van der Waals surface area (Å²) in [4.78, 5) is 2.60. The van der Waals surface area contributed by atoms with E-state index in [-0.39, 0.29) is 5.41 Å². The van der Waals surface area contributed by atoms with Gasteiger partial charge in [0.15, 0.2) is 0 Å².